The number of piperidine rings is 2. The smallest absolute Gasteiger partial charge is 0.350 e. The maximum Gasteiger partial charge on any atom is 0.350 e. The monoisotopic (exact) mass is 366 g/mol. The van der Waals surface area contributed by atoms with Crippen molar-refractivity contribution in [3.8, 4) is 0 Å². The average Bonchev–Trinajstić information content (AvgIpc) is 2.57. The molecule has 0 radical (unpaired) electrons. The van der Waals surface area contributed by atoms with Crippen LogP contribution in [0, 0.1) is 11.8 Å². The Morgan fingerprint density at radius 1 is 1.17 bits per heavy atom. The fourth-order valence-electron chi connectivity index (χ4n) is 3.27. The lowest BCUT2D eigenvalue weighted by Gasteiger charge is -2.35. The molecule has 0 aromatic heterocycles. The Morgan fingerprint density at radius 3 is 2.25 bits per heavy atom. The number of sulfonamides is 1. The largest absolute Gasteiger partial charge is 0.356 e. The van der Waals surface area contributed by atoms with Crippen LogP contribution in [0.3, 0.4) is 0 Å². The second kappa shape index (κ2) is 8.42. The number of nitrogens with zero attached hydrogens (tertiary/aromatic N) is 3. The summed E-state index contributed by atoms with van der Waals surface area (Å²) in [6.07, 6.45) is 3.50. The van der Waals surface area contributed by atoms with E-state index in [0.717, 1.165) is 42.1 Å². The van der Waals surface area contributed by atoms with Crippen LogP contribution >= 0.6 is 0 Å². The van der Waals surface area contributed by atoms with E-state index < -0.39 is 15.8 Å². The summed E-state index contributed by atoms with van der Waals surface area (Å²) in [5.74, 6) is -1.42. The molecule has 0 amide bonds. The van der Waals surface area contributed by atoms with Crippen LogP contribution < -0.4 is 5.32 Å². The van der Waals surface area contributed by atoms with Crippen LogP contribution in [0.5, 0.6) is 0 Å². The zero-order valence-corrected chi connectivity index (χ0v) is 15.2. The number of rotatable bonds is 4. The zero-order chi connectivity index (χ0) is 17.7. The molecule has 0 bridgehead atoms. The first-order valence-corrected chi connectivity index (χ1v) is 10.1. The molecule has 0 spiro atoms. The summed E-state index contributed by atoms with van der Waals surface area (Å²) in [7, 11) is -2.67. The minimum Gasteiger partial charge on any atom is -0.356 e. The molecule has 24 heavy (non-hydrogen) atoms. The van der Waals surface area contributed by atoms with E-state index in [2.05, 4.69) is 22.1 Å². The van der Waals surface area contributed by atoms with Crippen LogP contribution in [-0.4, -0.2) is 69.1 Å². The summed E-state index contributed by atoms with van der Waals surface area (Å²) >= 11 is 0. The van der Waals surface area contributed by atoms with Crippen molar-refractivity contribution in [3.05, 3.63) is 0 Å². The van der Waals surface area contributed by atoms with Crippen LogP contribution in [0.25, 0.3) is 0 Å². The van der Waals surface area contributed by atoms with Gasteiger partial charge in [0.15, 0.2) is 5.96 Å². The van der Waals surface area contributed by atoms with Crippen molar-refractivity contribution in [2.75, 3.05) is 39.8 Å². The van der Waals surface area contributed by atoms with Crippen molar-refractivity contribution in [1.29, 1.82) is 0 Å². The highest BCUT2D eigenvalue weighted by atomic mass is 32.2. The van der Waals surface area contributed by atoms with Gasteiger partial charge in [-0.3, -0.25) is 4.99 Å². The van der Waals surface area contributed by atoms with Gasteiger partial charge in [0.05, 0.1) is 0 Å². The minimum atomic E-state index is -4.43. The molecule has 2 aliphatic rings. The van der Waals surface area contributed by atoms with Crippen molar-refractivity contribution in [1.82, 2.24) is 14.5 Å². The molecule has 2 saturated heterocycles. The topological polar surface area (TPSA) is 65.0 Å². The van der Waals surface area contributed by atoms with E-state index in [0.29, 0.717) is 19.4 Å². The second-order valence-corrected chi connectivity index (χ2v) is 8.65. The standard InChI is InChI=1S/C15H28F2N4O2S/c1-12-3-7-20(8-4-12)15(18-2)19-11-13-5-9-21(10-6-13)24(22,23)14(16)17/h12-14H,3-11H2,1-2H3,(H,18,19). The number of alkyl halides is 2. The first kappa shape index (κ1) is 19.4. The molecule has 0 saturated carbocycles. The number of halogens is 2. The molecule has 2 aliphatic heterocycles. The van der Waals surface area contributed by atoms with Crippen LogP contribution in [0.2, 0.25) is 0 Å². The molecule has 2 fully saturated rings. The summed E-state index contributed by atoms with van der Waals surface area (Å²) in [5.41, 5.74) is 0. The highest BCUT2D eigenvalue weighted by molar-refractivity contribution is 7.89. The summed E-state index contributed by atoms with van der Waals surface area (Å²) in [6.45, 7) is 5.27. The molecule has 2 rings (SSSR count). The predicted molar refractivity (Wildman–Crippen MR) is 90.6 cm³/mol. The molecule has 2 heterocycles. The number of likely N-dealkylation sites (tertiary alicyclic amines) is 1. The number of hydrogen-bond acceptors (Lipinski definition) is 3. The molecule has 0 atom stereocenters. The lowest BCUT2D eigenvalue weighted by atomic mass is 9.98. The quantitative estimate of drug-likeness (QED) is 0.606. The first-order chi connectivity index (χ1) is 11.3. The van der Waals surface area contributed by atoms with E-state index in [1.165, 1.54) is 0 Å². The third kappa shape index (κ3) is 4.78. The SMILES string of the molecule is CN=C(NCC1CCN(S(=O)(=O)C(F)F)CC1)N1CCC(C)CC1. The number of nitrogens with one attached hydrogen (secondary N) is 1. The Kier molecular flexibility index (Phi) is 6.79. The lowest BCUT2D eigenvalue weighted by molar-refractivity contribution is 0.203. The highest BCUT2D eigenvalue weighted by Crippen LogP contribution is 2.22. The lowest BCUT2D eigenvalue weighted by Crippen LogP contribution is -2.48. The van der Waals surface area contributed by atoms with Gasteiger partial charge in [0.25, 0.3) is 10.0 Å². The van der Waals surface area contributed by atoms with Gasteiger partial charge in [0, 0.05) is 39.8 Å². The average molecular weight is 366 g/mol. The van der Waals surface area contributed by atoms with Gasteiger partial charge >= 0.3 is 5.76 Å². The molecule has 0 aromatic carbocycles. The number of aliphatic imine (C=N–C) groups is 1. The van der Waals surface area contributed by atoms with Gasteiger partial charge in [0.1, 0.15) is 0 Å². The van der Waals surface area contributed by atoms with E-state index >= 15 is 0 Å². The van der Waals surface area contributed by atoms with Crippen molar-refractivity contribution in [2.24, 2.45) is 16.8 Å². The van der Waals surface area contributed by atoms with Gasteiger partial charge in [-0.05, 0) is 37.5 Å². The predicted octanol–water partition coefficient (Wildman–Crippen LogP) is 1.56. The summed E-state index contributed by atoms with van der Waals surface area (Å²) < 4.78 is 49.0. The van der Waals surface area contributed by atoms with Crippen molar-refractivity contribution >= 4 is 16.0 Å². The molecule has 1 N–H and O–H groups in total. The molecule has 6 nitrogen and oxygen atoms in total. The number of guanidine groups is 1. The van der Waals surface area contributed by atoms with Gasteiger partial charge < -0.3 is 10.2 Å². The van der Waals surface area contributed by atoms with Crippen molar-refractivity contribution in [2.45, 2.75) is 38.4 Å². The van der Waals surface area contributed by atoms with E-state index in [1.54, 1.807) is 7.05 Å². The minimum absolute atomic E-state index is 0.166. The Labute approximate surface area is 143 Å². The summed E-state index contributed by atoms with van der Waals surface area (Å²) in [6, 6.07) is 0. The van der Waals surface area contributed by atoms with Gasteiger partial charge in [-0.1, -0.05) is 6.92 Å². The second-order valence-electron chi connectivity index (χ2n) is 6.75. The molecule has 0 aromatic rings. The Hall–Kier alpha value is -0.960. The molecule has 0 unspecified atom stereocenters. The Balaban J connectivity index is 1.77. The molecule has 9 heteroatoms. The van der Waals surface area contributed by atoms with E-state index in [-0.39, 0.29) is 19.0 Å². The van der Waals surface area contributed by atoms with Crippen molar-refractivity contribution in [3.63, 3.8) is 0 Å². The molecular formula is C15H28F2N4O2S. The maximum atomic E-state index is 12.6. The third-order valence-corrected chi connectivity index (χ3v) is 6.54. The number of hydrogen-bond donors (Lipinski definition) is 1. The van der Waals surface area contributed by atoms with E-state index in [4.69, 9.17) is 0 Å². The van der Waals surface area contributed by atoms with Crippen LogP contribution in [0.1, 0.15) is 32.6 Å². The normalized spacial score (nSPS) is 23.0. The highest BCUT2D eigenvalue weighted by Gasteiger charge is 2.34. The first-order valence-electron chi connectivity index (χ1n) is 8.57. The van der Waals surface area contributed by atoms with E-state index in [9.17, 15) is 17.2 Å². The van der Waals surface area contributed by atoms with Crippen LogP contribution in [0.4, 0.5) is 8.78 Å². The molecule has 140 valence electrons. The van der Waals surface area contributed by atoms with Gasteiger partial charge in [-0.15, -0.1) is 0 Å². The Bertz CT molecular complexity index is 526. The van der Waals surface area contributed by atoms with Crippen LogP contribution in [-0.2, 0) is 10.0 Å². The fraction of sp³-hybridized carbons (Fsp3) is 0.933. The van der Waals surface area contributed by atoms with Crippen molar-refractivity contribution < 1.29 is 17.2 Å². The van der Waals surface area contributed by atoms with Crippen LogP contribution in [0.15, 0.2) is 4.99 Å². The summed E-state index contributed by atoms with van der Waals surface area (Å²) in [5, 5.41) is 3.36. The maximum absolute atomic E-state index is 12.6. The van der Waals surface area contributed by atoms with E-state index in [1.807, 2.05) is 0 Å². The molecule has 0 aliphatic carbocycles. The van der Waals surface area contributed by atoms with Gasteiger partial charge in [0.2, 0.25) is 0 Å². The van der Waals surface area contributed by atoms with Gasteiger partial charge in [-0.25, -0.2) is 8.42 Å². The fourth-order valence-corrected chi connectivity index (χ4v) is 4.21. The Morgan fingerprint density at radius 2 is 1.75 bits per heavy atom. The zero-order valence-electron chi connectivity index (χ0n) is 14.4. The molecular weight excluding hydrogens is 338 g/mol. The third-order valence-electron chi connectivity index (χ3n) is 5.00. The summed E-state index contributed by atoms with van der Waals surface area (Å²) in [4.78, 5) is 6.57. The van der Waals surface area contributed by atoms with Gasteiger partial charge in [-0.2, -0.15) is 13.1 Å².